The van der Waals surface area contributed by atoms with Crippen molar-refractivity contribution < 1.29 is 8.42 Å². The molecule has 0 bridgehead atoms. The molecule has 1 aromatic rings. The quantitative estimate of drug-likeness (QED) is 0.300. The minimum absolute atomic E-state index is 0. The summed E-state index contributed by atoms with van der Waals surface area (Å²) in [6, 6.07) is 8.73. The van der Waals surface area contributed by atoms with E-state index in [9.17, 15) is 8.42 Å². The van der Waals surface area contributed by atoms with Gasteiger partial charge in [-0.2, -0.15) is 16.1 Å². The molecule has 9 heteroatoms. The summed E-state index contributed by atoms with van der Waals surface area (Å²) in [7, 11) is -3.38. The first-order chi connectivity index (χ1) is 13.9. The van der Waals surface area contributed by atoms with E-state index in [1.807, 2.05) is 17.8 Å². The van der Waals surface area contributed by atoms with E-state index in [0.29, 0.717) is 23.9 Å². The maximum Gasteiger partial charge on any atom is 0.243 e. The third kappa shape index (κ3) is 7.00. The Labute approximate surface area is 203 Å². The molecule has 0 aromatic heterocycles. The standard InChI is InChI=1S/C21H34N4O2S2.HI/c1-3-22-20(24-17-21(2)12-7-15-28-21)23-16-18-10-13-25(14-11-18)29(26,27)19-8-5-4-6-9-19;/h4-6,8-9,18H,3,7,10-17H2,1-2H3,(H2,22,23,24);1H. The van der Waals surface area contributed by atoms with Crippen molar-refractivity contribution in [2.45, 2.75) is 49.2 Å². The SMILES string of the molecule is CCNC(=NCC1(C)CCCS1)NCC1CCN(S(=O)(=O)c2ccccc2)CC1.I. The Balaban J connectivity index is 0.00000320. The van der Waals surface area contributed by atoms with E-state index in [4.69, 9.17) is 4.99 Å². The monoisotopic (exact) mass is 566 g/mol. The van der Waals surface area contributed by atoms with Gasteiger partial charge in [-0.25, -0.2) is 8.42 Å². The normalized spacial score (nSPS) is 23.7. The van der Waals surface area contributed by atoms with Gasteiger partial charge in [-0.3, -0.25) is 4.99 Å². The van der Waals surface area contributed by atoms with Gasteiger partial charge in [0.25, 0.3) is 0 Å². The van der Waals surface area contributed by atoms with Crippen molar-refractivity contribution >= 4 is 51.7 Å². The van der Waals surface area contributed by atoms with E-state index in [1.165, 1.54) is 18.6 Å². The summed E-state index contributed by atoms with van der Waals surface area (Å²) in [6.07, 6.45) is 4.25. The summed E-state index contributed by atoms with van der Waals surface area (Å²) in [5.74, 6) is 2.57. The van der Waals surface area contributed by atoms with E-state index >= 15 is 0 Å². The lowest BCUT2D eigenvalue weighted by Gasteiger charge is -2.31. The number of hydrogen-bond donors (Lipinski definition) is 2. The largest absolute Gasteiger partial charge is 0.357 e. The summed E-state index contributed by atoms with van der Waals surface area (Å²) in [5, 5.41) is 6.82. The minimum Gasteiger partial charge on any atom is -0.357 e. The maximum absolute atomic E-state index is 12.8. The van der Waals surface area contributed by atoms with Crippen molar-refractivity contribution in [3.63, 3.8) is 0 Å². The lowest BCUT2D eigenvalue weighted by atomic mass is 9.98. The number of thioether (sulfide) groups is 1. The van der Waals surface area contributed by atoms with Crippen molar-refractivity contribution in [1.29, 1.82) is 0 Å². The fourth-order valence-electron chi connectivity index (χ4n) is 3.89. The predicted molar refractivity (Wildman–Crippen MR) is 137 cm³/mol. The molecule has 3 rings (SSSR count). The molecule has 170 valence electrons. The van der Waals surface area contributed by atoms with Gasteiger partial charge in [0.1, 0.15) is 0 Å². The maximum atomic E-state index is 12.8. The predicted octanol–water partition coefficient (Wildman–Crippen LogP) is 3.55. The van der Waals surface area contributed by atoms with Gasteiger partial charge >= 0.3 is 0 Å². The van der Waals surface area contributed by atoms with E-state index in [0.717, 1.165) is 38.4 Å². The van der Waals surface area contributed by atoms with Crippen LogP contribution >= 0.6 is 35.7 Å². The first-order valence-corrected chi connectivity index (χ1v) is 13.1. The molecule has 6 nitrogen and oxygen atoms in total. The number of piperidine rings is 1. The molecule has 2 heterocycles. The molecule has 0 spiro atoms. The van der Waals surface area contributed by atoms with Crippen LogP contribution in [0.2, 0.25) is 0 Å². The van der Waals surface area contributed by atoms with Gasteiger partial charge in [0, 0.05) is 30.9 Å². The first kappa shape index (κ1) is 25.7. The summed E-state index contributed by atoms with van der Waals surface area (Å²) in [6.45, 7) is 8.04. The molecule has 2 aliphatic rings. The highest BCUT2D eigenvalue weighted by Gasteiger charge is 2.30. The van der Waals surface area contributed by atoms with Gasteiger partial charge in [-0.15, -0.1) is 24.0 Å². The zero-order chi connectivity index (χ0) is 20.7. The van der Waals surface area contributed by atoms with E-state index in [-0.39, 0.29) is 28.7 Å². The fraction of sp³-hybridized carbons (Fsp3) is 0.667. The number of nitrogens with one attached hydrogen (secondary N) is 2. The van der Waals surface area contributed by atoms with Crippen molar-refractivity contribution in [2.75, 3.05) is 38.5 Å². The Morgan fingerprint density at radius 2 is 1.93 bits per heavy atom. The highest BCUT2D eigenvalue weighted by molar-refractivity contribution is 14.0. The molecule has 0 amide bonds. The summed E-state index contributed by atoms with van der Waals surface area (Å²) in [5.41, 5.74) is 0. The van der Waals surface area contributed by atoms with Crippen LogP contribution < -0.4 is 10.6 Å². The zero-order valence-electron chi connectivity index (χ0n) is 18.0. The lowest BCUT2D eigenvalue weighted by Crippen LogP contribution is -2.44. The van der Waals surface area contributed by atoms with Crippen molar-refractivity contribution in [2.24, 2.45) is 10.9 Å². The van der Waals surface area contributed by atoms with Crippen molar-refractivity contribution in [3.8, 4) is 0 Å². The molecule has 0 saturated carbocycles. The highest BCUT2D eigenvalue weighted by atomic mass is 127. The van der Waals surface area contributed by atoms with E-state index in [1.54, 1.807) is 28.6 Å². The van der Waals surface area contributed by atoms with Crippen LogP contribution in [-0.2, 0) is 10.0 Å². The van der Waals surface area contributed by atoms with Gasteiger partial charge in [0.15, 0.2) is 5.96 Å². The Morgan fingerprint density at radius 3 is 2.53 bits per heavy atom. The van der Waals surface area contributed by atoms with E-state index < -0.39 is 10.0 Å². The fourth-order valence-corrected chi connectivity index (χ4v) is 6.60. The van der Waals surface area contributed by atoms with Crippen LogP contribution in [0, 0.1) is 5.92 Å². The molecule has 2 fully saturated rings. The molecule has 2 aliphatic heterocycles. The van der Waals surface area contributed by atoms with Gasteiger partial charge in [0.2, 0.25) is 10.0 Å². The smallest absolute Gasteiger partial charge is 0.243 e. The van der Waals surface area contributed by atoms with Crippen LogP contribution in [0.25, 0.3) is 0 Å². The van der Waals surface area contributed by atoms with Gasteiger partial charge < -0.3 is 10.6 Å². The molecule has 2 N–H and O–H groups in total. The Kier molecular flexibility index (Phi) is 10.2. The van der Waals surface area contributed by atoms with Gasteiger partial charge in [-0.05, 0) is 63.3 Å². The topological polar surface area (TPSA) is 73.8 Å². The average molecular weight is 567 g/mol. The second kappa shape index (κ2) is 11.9. The van der Waals surface area contributed by atoms with E-state index in [2.05, 4.69) is 24.5 Å². The summed E-state index contributed by atoms with van der Waals surface area (Å²) < 4.78 is 27.4. The Morgan fingerprint density at radius 1 is 1.23 bits per heavy atom. The number of aliphatic imine (C=N–C) groups is 1. The summed E-state index contributed by atoms with van der Waals surface area (Å²) in [4.78, 5) is 5.20. The number of rotatable bonds is 7. The average Bonchev–Trinajstić information content (AvgIpc) is 3.18. The first-order valence-electron chi connectivity index (χ1n) is 10.6. The van der Waals surface area contributed by atoms with Gasteiger partial charge in [0.05, 0.1) is 11.4 Å². The number of halogens is 1. The number of benzene rings is 1. The molecule has 1 unspecified atom stereocenters. The van der Waals surface area contributed by atoms with Crippen LogP contribution in [0.5, 0.6) is 0 Å². The molecule has 0 aliphatic carbocycles. The van der Waals surface area contributed by atoms with Crippen LogP contribution in [0.4, 0.5) is 0 Å². The molecule has 0 radical (unpaired) electrons. The second-order valence-corrected chi connectivity index (χ2v) is 11.8. The Hall–Kier alpha value is -0.520. The van der Waals surface area contributed by atoms with Crippen LogP contribution in [-0.4, -0.2) is 61.9 Å². The molecule has 30 heavy (non-hydrogen) atoms. The number of hydrogen-bond acceptors (Lipinski definition) is 4. The number of sulfonamides is 1. The van der Waals surface area contributed by atoms with Crippen LogP contribution in [0.3, 0.4) is 0 Å². The van der Waals surface area contributed by atoms with Gasteiger partial charge in [-0.1, -0.05) is 18.2 Å². The van der Waals surface area contributed by atoms with Crippen LogP contribution in [0.15, 0.2) is 40.2 Å². The molecular weight excluding hydrogens is 531 g/mol. The summed E-state index contributed by atoms with van der Waals surface area (Å²) >= 11 is 2.03. The van der Waals surface area contributed by atoms with Crippen molar-refractivity contribution in [3.05, 3.63) is 30.3 Å². The third-order valence-electron chi connectivity index (χ3n) is 5.73. The molecular formula is C21H35IN4O2S2. The van der Waals surface area contributed by atoms with Crippen molar-refractivity contribution in [1.82, 2.24) is 14.9 Å². The Bertz CT molecular complexity index is 775. The molecule has 1 aromatic carbocycles. The minimum atomic E-state index is -3.38. The number of guanidine groups is 1. The lowest BCUT2D eigenvalue weighted by molar-refractivity contribution is 0.273. The molecule has 2 saturated heterocycles. The zero-order valence-corrected chi connectivity index (χ0v) is 21.9. The second-order valence-electron chi connectivity index (χ2n) is 8.14. The third-order valence-corrected chi connectivity index (χ3v) is 9.16. The molecule has 1 atom stereocenters. The van der Waals surface area contributed by atoms with Crippen LogP contribution in [0.1, 0.15) is 39.5 Å². The number of nitrogens with zero attached hydrogens (tertiary/aromatic N) is 2. The highest BCUT2D eigenvalue weighted by Crippen LogP contribution is 2.37.